The molecule has 1 heterocycles. The lowest BCUT2D eigenvalue weighted by Crippen LogP contribution is -3.11. The summed E-state index contributed by atoms with van der Waals surface area (Å²) in [6.07, 6.45) is 0.780. The Bertz CT molecular complexity index is 934. The van der Waals surface area contributed by atoms with E-state index in [4.69, 9.17) is 4.74 Å². The SMILES string of the molecule is CC[NH+](CC)CCCN1C(=O)C(=O)C(=C(O)c2ccccc2)[C@@H]1c1ccc(OC)cc1. The Morgan fingerprint density at radius 2 is 1.68 bits per heavy atom. The Labute approximate surface area is 183 Å². The van der Waals surface area contributed by atoms with Gasteiger partial charge >= 0.3 is 0 Å². The van der Waals surface area contributed by atoms with Crippen molar-refractivity contribution in [1.29, 1.82) is 0 Å². The van der Waals surface area contributed by atoms with Crippen molar-refractivity contribution >= 4 is 17.4 Å². The number of carbonyl (C=O) groups is 2. The largest absolute Gasteiger partial charge is 0.507 e. The van der Waals surface area contributed by atoms with Crippen molar-refractivity contribution < 1.29 is 24.3 Å². The molecular weight excluding hydrogens is 392 g/mol. The minimum atomic E-state index is -0.641. The first-order valence-electron chi connectivity index (χ1n) is 10.8. The van der Waals surface area contributed by atoms with E-state index < -0.39 is 17.7 Å². The van der Waals surface area contributed by atoms with Crippen molar-refractivity contribution in [3.8, 4) is 5.75 Å². The predicted octanol–water partition coefficient (Wildman–Crippen LogP) is 2.43. The summed E-state index contributed by atoms with van der Waals surface area (Å²) in [5.41, 5.74) is 1.43. The van der Waals surface area contributed by atoms with Crippen LogP contribution in [0.5, 0.6) is 5.75 Å². The van der Waals surface area contributed by atoms with Gasteiger partial charge in [0.25, 0.3) is 11.7 Å². The van der Waals surface area contributed by atoms with Crippen LogP contribution in [0.2, 0.25) is 0 Å². The Balaban J connectivity index is 2.00. The number of nitrogens with one attached hydrogen (secondary N) is 1. The molecule has 3 rings (SSSR count). The fourth-order valence-corrected chi connectivity index (χ4v) is 4.10. The number of quaternary nitrogens is 1. The highest BCUT2D eigenvalue weighted by atomic mass is 16.5. The lowest BCUT2D eigenvalue weighted by molar-refractivity contribution is -0.896. The number of ether oxygens (including phenoxy) is 1. The van der Waals surface area contributed by atoms with Gasteiger partial charge in [0.1, 0.15) is 11.5 Å². The van der Waals surface area contributed by atoms with Crippen LogP contribution in [-0.2, 0) is 9.59 Å². The minimum absolute atomic E-state index is 0.136. The van der Waals surface area contributed by atoms with E-state index in [1.54, 1.807) is 48.4 Å². The number of ketones is 1. The summed E-state index contributed by atoms with van der Waals surface area (Å²) in [7, 11) is 1.59. The molecule has 31 heavy (non-hydrogen) atoms. The Morgan fingerprint density at radius 1 is 1.03 bits per heavy atom. The first-order valence-corrected chi connectivity index (χ1v) is 10.8. The van der Waals surface area contributed by atoms with E-state index in [-0.39, 0.29) is 11.3 Å². The van der Waals surface area contributed by atoms with Crippen LogP contribution < -0.4 is 9.64 Å². The zero-order chi connectivity index (χ0) is 22.4. The summed E-state index contributed by atoms with van der Waals surface area (Å²) in [6, 6.07) is 15.6. The number of aliphatic hydroxyl groups is 1. The molecule has 0 aliphatic carbocycles. The van der Waals surface area contributed by atoms with Gasteiger partial charge < -0.3 is 19.6 Å². The number of nitrogens with zero attached hydrogens (tertiary/aromatic N) is 1. The average Bonchev–Trinajstić information content (AvgIpc) is 3.07. The number of hydrogen-bond donors (Lipinski definition) is 2. The fourth-order valence-electron chi connectivity index (χ4n) is 4.10. The van der Waals surface area contributed by atoms with Gasteiger partial charge in [-0.1, -0.05) is 42.5 Å². The standard InChI is InChI=1S/C25H30N2O4/c1-4-26(5-2)16-9-17-27-22(18-12-14-20(31-3)15-13-18)21(24(29)25(27)30)23(28)19-10-7-6-8-11-19/h6-8,10-15,22,28H,4-5,9,16-17H2,1-3H3/p+1/t22-/m0/s1. The normalized spacial score (nSPS) is 18.1. The van der Waals surface area contributed by atoms with Crippen molar-refractivity contribution in [3.63, 3.8) is 0 Å². The molecule has 6 nitrogen and oxygen atoms in total. The van der Waals surface area contributed by atoms with Gasteiger partial charge in [-0.3, -0.25) is 9.59 Å². The van der Waals surface area contributed by atoms with Crippen molar-refractivity contribution in [1.82, 2.24) is 4.90 Å². The number of benzene rings is 2. The van der Waals surface area contributed by atoms with E-state index in [1.807, 2.05) is 18.2 Å². The summed E-state index contributed by atoms with van der Waals surface area (Å²) >= 11 is 0. The molecule has 1 atom stereocenters. The van der Waals surface area contributed by atoms with Crippen LogP contribution in [0.25, 0.3) is 5.76 Å². The molecule has 0 aromatic heterocycles. The van der Waals surface area contributed by atoms with Crippen molar-refractivity contribution in [2.45, 2.75) is 26.3 Å². The molecule has 0 spiro atoms. The molecule has 2 N–H and O–H groups in total. The molecule has 164 valence electrons. The van der Waals surface area contributed by atoms with Gasteiger partial charge in [-0.05, 0) is 31.5 Å². The number of rotatable bonds is 9. The number of Topliss-reactive ketones (excluding diaryl/α,β-unsaturated/α-hetero) is 1. The maximum atomic E-state index is 13.0. The molecule has 2 aromatic rings. The van der Waals surface area contributed by atoms with Crippen molar-refractivity contribution in [3.05, 3.63) is 71.3 Å². The topological polar surface area (TPSA) is 71.3 Å². The van der Waals surface area contributed by atoms with Gasteiger partial charge in [0.15, 0.2) is 0 Å². The molecule has 0 bridgehead atoms. The van der Waals surface area contributed by atoms with Gasteiger partial charge in [-0.15, -0.1) is 0 Å². The minimum Gasteiger partial charge on any atom is -0.507 e. The predicted molar refractivity (Wildman–Crippen MR) is 120 cm³/mol. The highest BCUT2D eigenvalue weighted by Gasteiger charge is 2.45. The second-order valence-corrected chi connectivity index (χ2v) is 7.69. The van der Waals surface area contributed by atoms with Crippen LogP contribution in [0.15, 0.2) is 60.2 Å². The molecular formula is C25H31N2O4+. The Morgan fingerprint density at radius 3 is 2.26 bits per heavy atom. The van der Waals surface area contributed by atoms with Crippen LogP contribution in [0, 0.1) is 0 Å². The maximum absolute atomic E-state index is 13.0. The summed E-state index contributed by atoms with van der Waals surface area (Å²) in [5.74, 6) is -0.657. The van der Waals surface area contributed by atoms with Crippen LogP contribution in [-0.4, -0.2) is 55.0 Å². The van der Waals surface area contributed by atoms with E-state index in [9.17, 15) is 14.7 Å². The molecule has 2 aromatic carbocycles. The number of likely N-dealkylation sites (tertiary alicyclic amines) is 1. The van der Waals surface area contributed by atoms with Gasteiger partial charge in [-0.2, -0.15) is 0 Å². The zero-order valence-electron chi connectivity index (χ0n) is 18.4. The second kappa shape index (κ2) is 10.3. The van der Waals surface area contributed by atoms with E-state index in [1.165, 1.54) is 4.90 Å². The highest BCUT2D eigenvalue weighted by molar-refractivity contribution is 6.46. The molecule has 1 aliphatic rings. The summed E-state index contributed by atoms with van der Waals surface area (Å²) < 4.78 is 5.25. The van der Waals surface area contributed by atoms with Crippen molar-refractivity contribution in [2.24, 2.45) is 0 Å². The third-order valence-corrected chi connectivity index (χ3v) is 5.95. The third-order valence-electron chi connectivity index (χ3n) is 5.95. The van der Waals surface area contributed by atoms with E-state index >= 15 is 0 Å². The van der Waals surface area contributed by atoms with Gasteiger partial charge in [0.05, 0.1) is 38.4 Å². The van der Waals surface area contributed by atoms with Crippen LogP contribution in [0.1, 0.15) is 37.4 Å². The molecule has 0 saturated carbocycles. The van der Waals surface area contributed by atoms with Crippen LogP contribution >= 0.6 is 0 Å². The van der Waals surface area contributed by atoms with Gasteiger partial charge in [-0.25, -0.2) is 0 Å². The molecule has 0 unspecified atom stereocenters. The molecule has 1 fully saturated rings. The molecule has 1 aliphatic heterocycles. The summed E-state index contributed by atoms with van der Waals surface area (Å²) in [4.78, 5) is 29.0. The first-order chi connectivity index (χ1) is 15.0. The lowest BCUT2D eigenvalue weighted by Gasteiger charge is -2.26. The quantitative estimate of drug-likeness (QED) is 0.369. The lowest BCUT2D eigenvalue weighted by atomic mass is 9.95. The highest BCUT2D eigenvalue weighted by Crippen LogP contribution is 2.39. The molecule has 6 heteroatoms. The molecule has 1 saturated heterocycles. The first kappa shape index (κ1) is 22.6. The fraction of sp³-hybridized carbons (Fsp3) is 0.360. The van der Waals surface area contributed by atoms with E-state index in [0.717, 1.165) is 31.6 Å². The number of carbonyl (C=O) groups excluding carboxylic acids is 2. The Hall–Kier alpha value is -3.12. The third kappa shape index (κ3) is 4.80. The molecule has 0 radical (unpaired) electrons. The summed E-state index contributed by atoms with van der Waals surface area (Å²) in [5, 5.41) is 11.0. The van der Waals surface area contributed by atoms with E-state index in [0.29, 0.717) is 17.9 Å². The average molecular weight is 424 g/mol. The summed E-state index contributed by atoms with van der Waals surface area (Å²) in [6.45, 7) is 7.70. The van der Waals surface area contributed by atoms with E-state index in [2.05, 4.69) is 13.8 Å². The second-order valence-electron chi connectivity index (χ2n) is 7.69. The van der Waals surface area contributed by atoms with Crippen LogP contribution in [0.4, 0.5) is 0 Å². The molecule has 1 amide bonds. The van der Waals surface area contributed by atoms with Gasteiger partial charge in [0, 0.05) is 18.5 Å². The van der Waals surface area contributed by atoms with Gasteiger partial charge in [0.2, 0.25) is 0 Å². The van der Waals surface area contributed by atoms with Crippen molar-refractivity contribution in [2.75, 3.05) is 33.3 Å². The number of amides is 1. The number of hydrogen-bond acceptors (Lipinski definition) is 4. The monoisotopic (exact) mass is 423 g/mol. The van der Waals surface area contributed by atoms with Crippen LogP contribution in [0.3, 0.4) is 0 Å². The number of aliphatic hydroxyl groups excluding tert-OH is 1. The number of methoxy groups -OCH3 is 1. The maximum Gasteiger partial charge on any atom is 0.295 e. The smallest absolute Gasteiger partial charge is 0.295 e. The Kier molecular flexibility index (Phi) is 7.47. The zero-order valence-corrected chi connectivity index (χ0v) is 18.4.